The van der Waals surface area contributed by atoms with Gasteiger partial charge in [-0.15, -0.1) is 0 Å². The predicted molar refractivity (Wildman–Crippen MR) is 54.1 cm³/mol. The van der Waals surface area contributed by atoms with Gasteiger partial charge in [-0.2, -0.15) is 18.8 Å². The molecule has 2 heterocycles. The molecule has 0 unspecified atom stereocenters. The summed E-state index contributed by atoms with van der Waals surface area (Å²) < 4.78 is 33.3. The molecule has 16 heavy (non-hydrogen) atoms. The Kier molecular flexibility index (Phi) is 3.57. The highest BCUT2D eigenvalue weighted by Crippen LogP contribution is 2.06. The van der Waals surface area contributed by atoms with Crippen molar-refractivity contribution in [3.8, 4) is 6.07 Å². The molecule has 7 nitrogen and oxygen atoms in total. The van der Waals surface area contributed by atoms with Crippen LogP contribution >= 0.6 is 0 Å². The molecule has 0 aliphatic heterocycles. The SMILES string of the molecule is N#Cc1cnn2ccccc12.O=S(=O)(O)O. The lowest BCUT2D eigenvalue weighted by Crippen LogP contribution is -1.89. The number of fused-ring (bicyclic) bond motifs is 1. The first-order valence-electron chi connectivity index (χ1n) is 3.94. The van der Waals surface area contributed by atoms with Gasteiger partial charge in [0.1, 0.15) is 6.07 Å². The second-order valence-electron chi connectivity index (χ2n) is 2.65. The lowest BCUT2D eigenvalue weighted by molar-refractivity contribution is 0.381. The Hall–Kier alpha value is -1.95. The van der Waals surface area contributed by atoms with Crippen LogP contribution in [-0.2, 0) is 10.4 Å². The Bertz CT molecular complexity index is 618. The van der Waals surface area contributed by atoms with E-state index in [1.165, 1.54) is 0 Å². The average Bonchev–Trinajstić information content (AvgIpc) is 2.58. The van der Waals surface area contributed by atoms with Gasteiger partial charge in [-0.05, 0) is 12.1 Å². The molecule has 0 aromatic carbocycles. The zero-order valence-electron chi connectivity index (χ0n) is 7.85. The Morgan fingerprint density at radius 1 is 1.38 bits per heavy atom. The fraction of sp³-hybridized carbons (Fsp3) is 0. The molecule has 0 bridgehead atoms. The fourth-order valence-corrected chi connectivity index (χ4v) is 1.02. The van der Waals surface area contributed by atoms with E-state index in [4.69, 9.17) is 22.8 Å². The first-order valence-corrected chi connectivity index (χ1v) is 5.34. The van der Waals surface area contributed by atoms with Gasteiger partial charge in [0.2, 0.25) is 0 Å². The summed E-state index contributed by atoms with van der Waals surface area (Å²) in [6.45, 7) is 0. The van der Waals surface area contributed by atoms with Crippen LogP contribution < -0.4 is 0 Å². The van der Waals surface area contributed by atoms with E-state index in [1.54, 1.807) is 10.7 Å². The van der Waals surface area contributed by atoms with Gasteiger partial charge < -0.3 is 0 Å². The average molecular weight is 241 g/mol. The van der Waals surface area contributed by atoms with E-state index in [-0.39, 0.29) is 0 Å². The molecule has 0 radical (unpaired) electrons. The summed E-state index contributed by atoms with van der Waals surface area (Å²) in [7, 11) is -4.67. The van der Waals surface area contributed by atoms with E-state index < -0.39 is 10.4 Å². The number of pyridine rings is 1. The summed E-state index contributed by atoms with van der Waals surface area (Å²) in [6, 6.07) is 7.70. The first kappa shape index (κ1) is 12.1. The lowest BCUT2D eigenvalue weighted by Gasteiger charge is -1.88. The van der Waals surface area contributed by atoms with Crippen molar-refractivity contribution in [1.29, 1.82) is 5.26 Å². The van der Waals surface area contributed by atoms with Crippen LogP contribution in [0.3, 0.4) is 0 Å². The van der Waals surface area contributed by atoms with Gasteiger partial charge in [-0.1, -0.05) is 6.07 Å². The zero-order valence-corrected chi connectivity index (χ0v) is 8.66. The van der Waals surface area contributed by atoms with Crippen LogP contribution in [0.1, 0.15) is 5.56 Å². The molecule has 0 saturated carbocycles. The summed E-state index contributed by atoms with van der Waals surface area (Å²) in [5, 5.41) is 12.6. The van der Waals surface area contributed by atoms with Gasteiger partial charge in [-0.3, -0.25) is 9.11 Å². The van der Waals surface area contributed by atoms with Gasteiger partial charge in [0.25, 0.3) is 0 Å². The number of nitriles is 1. The predicted octanol–water partition coefficient (Wildman–Crippen LogP) is 0.553. The van der Waals surface area contributed by atoms with Crippen molar-refractivity contribution in [1.82, 2.24) is 9.61 Å². The minimum atomic E-state index is -4.67. The van der Waals surface area contributed by atoms with E-state index in [2.05, 4.69) is 11.2 Å². The van der Waals surface area contributed by atoms with E-state index in [1.807, 2.05) is 24.4 Å². The molecule has 84 valence electrons. The smallest absolute Gasteiger partial charge is 0.264 e. The standard InChI is InChI=1S/C8H5N3.H2O4S/c9-5-7-6-10-11-4-2-1-3-8(7)11;1-5(2,3)4/h1-4,6H;(H2,1,2,3,4). The van der Waals surface area contributed by atoms with Crippen molar-refractivity contribution in [3.05, 3.63) is 36.2 Å². The summed E-state index contributed by atoms with van der Waals surface area (Å²) >= 11 is 0. The topological polar surface area (TPSA) is 116 Å². The largest absolute Gasteiger partial charge is 0.394 e. The van der Waals surface area contributed by atoms with Crippen LogP contribution in [0.25, 0.3) is 5.52 Å². The van der Waals surface area contributed by atoms with Gasteiger partial charge in [0, 0.05) is 6.20 Å². The summed E-state index contributed by atoms with van der Waals surface area (Å²) in [6.07, 6.45) is 3.38. The van der Waals surface area contributed by atoms with Crippen molar-refractivity contribution in [2.75, 3.05) is 0 Å². The molecule has 2 aromatic heterocycles. The Morgan fingerprint density at radius 3 is 2.56 bits per heavy atom. The molecule has 8 heteroatoms. The molecule has 0 aliphatic carbocycles. The maximum atomic E-state index is 8.74. The monoisotopic (exact) mass is 241 g/mol. The Morgan fingerprint density at radius 2 is 2.00 bits per heavy atom. The first-order chi connectivity index (χ1) is 7.42. The number of hydrogen-bond donors (Lipinski definition) is 2. The minimum absolute atomic E-state index is 0.616. The minimum Gasteiger partial charge on any atom is -0.264 e. The molecule has 0 amide bonds. The molecule has 0 fully saturated rings. The van der Waals surface area contributed by atoms with Crippen molar-refractivity contribution in [2.24, 2.45) is 0 Å². The lowest BCUT2D eigenvalue weighted by atomic mass is 10.3. The molecule has 0 spiro atoms. The van der Waals surface area contributed by atoms with Gasteiger partial charge in [0.15, 0.2) is 0 Å². The maximum Gasteiger partial charge on any atom is 0.394 e. The summed E-state index contributed by atoms with van der Waals surface area (Å²) in [5.41, 5.74) is 1.47. The van der Waals surface area contributed by atoms with Crippen molar-refractivity contribution in [3.63, 3.8) is 0 Å². The molecule has 2 rings (SSSR count). The molecule has 0 saturated heterocycles. The van der Waals surface area contributed by atoms with Crippen LogP contribution in [0.4, 0.5) is 0 Å². The van der Waals surface area contributed by atoms with Gasteiger partial charge in [-0.25, -0.2) is 4.52 Å². The Balaban J connectivity index is 0.000000221. The Labute approximate surface area is 91.1 Å². The molecular weight excluding hydrogens is 234 g/mol. The third kappa shape index (κ3) is 3.66. The molecule has 2 N–H and O–H groups in total. The van der Waals surface area contributed by atoms with Gasteiger partial charge in [0.05, 0.1) is 17.3 Å². The normalized spacial score (nSPS) is 10.3. The van der Waals surface area contributed by atoms with Crippen LogP contribution in [0.5, 0.6) is 0 Å². The second-order valence-corrected chi connectivity index (χ2v) is 3.54. The number of nitrogens with zero attached hydrogens (tertiary/aromatic N) is 3. The van der Waals surface area contributed by atoms with E-state index in [0.29, 0.717) is 5.56 Å². The highest BCUT2D eigenvalue weighted by atomic mass is 32.3. The highest BCUT2D eigenvalue weighted by molar-refractivity contribution is 7.79. The van der Waals surface area contributed by atoms with Crippen molar-refractivity contribution < 1.29 is 17.5 Å². The van der Waals surface area contributed by atoms with E-state index in [0.717, 1.165) is 5.52 Å². The van der Waals surface area contributed by atoms with Gasteiger partial charge >= 0.3 is 10.4 Å². The van der Waals surface area contributed by atoms with E-state index in [9.17, 15) is 0 Å². The van der Waals surface area contributed by atoms with E-state index >= 15 is 0 Å². The third-order valence-electron chi connectivity index (χ3n) is 1.55. The fourth-order valence-electron chi connectivity index (χ4n) is 1.02. The molecule has 2 aromatic rings. The van der Waals surface area contributed by atoms with Crippen LogP contribution in [-0.4, -0.2) is 27.1 Å². The summed E-state index contributed by atoms with van der Waals surface area (Å²) in [4.78, 5) is 0. The van der Waals surface area contributed by atoms with Crippen LogP contribution in [0.2, 0.25) is 0 Å². The van der Waals surface area contributed by atoms with Crippen LogP contribution in [0.15, 0.2) is 30.6 Å². The summed E-state index contributed by atoms with van der Waals surface area (Å²) in [5.74, 6) is 0. The molecule has 0 atom stereocenters. The number of aromatic nitrogens is 2. The second kappa shape index (κ2) is 4.71. The third-order valence-corrected chi connectivity index (χ3v) is 1.55. The highest BCUT2D eigenvalue weighted by Gasteiger charge is 1.98. The zero-order chi connectivity index (χ0) is 12.2. The molecule has 0 aliphatic rings. The van der Waals surface area contributed by atoms with Crippen molar-refractivity contribution in [2.45, 2.75) is 0 Å². The quantitative estimate of drug-likeness (QED) is 0.651. The number of rotatable bonds is 0. The molecular formula is C8H7N3O4S. The van der Waals surface area contributed by atoms with Crippen molar-refractivity contribution >= 4 is 15.9 Å². The number of hydrogen-bond acceptors (Lipinski definition) is 4. The maximum absolute atomic E-state index is 8.74. The van der Waals surface area contributed by atoms with Crippen LogP contribution in [0, 0.1) is 11.3 Å².